The maximum Gasteiger partial charge on any atom is 0.256 e. The number of nitriles is 1. The molecule has 0 fully saturated rings. The van der Waals surface area contributed by atoms with Crippen molar-refractivity contribution in [3.05, 3.63) is 82.8 Å². The first-order chi connectivity index (χ1) is 11.6. The van der Waals surface area contributed by atoms with Gasteiger partial charge in [0, 0.05) is 23.3 Å². The average Bonchev–Trinajstić information content (AvgIpc) is 3.01. The van der Waals surface area contributed by atoms with Crippen molar-refractivity contribution in [2.75, 3.05) is 5.32 Å². The molecule has 5 nitrogen and oxygen atoms in total. The molecule has 1 N–H and O–H groups in total. The summed E-state index contributed by atoms with van der Waals surface area (Å²) >= 11 is 5.97. The van der Waals surface area contributed by atoms with E-state index < -0.39 is 0 Å². The van der Waals surface area contributed by atoms with Crippen molar-refractivity contribution in [3.8, 4) is 6.07 Å². The molecule has 0 aliphatic rings. The van der Waals surface area contributed by atoms with Crippen LogP contribution < -0.4 is 5.32 Å². The molecular weight excluding hydrogens is 324 g/mol. The van der Waals surface area contributed by atoms with Gasteiger partial charge in [-0.2, -0.15) is 5.26 Å². The van der Waals surface area contributed by atoms with E-state index in [4.69, 9.17) is 16.9 Å². The van der Waals surface area contributed by atoms with Gasteiger partial charge in [-0.05, 0) is 35.9 Å². The minimum Gasteiger partial charge on any atom is -0.331 e. The van der Waals surface area contributed by atoms with E-state index in [-0.39, 0.29) is 5.91 Å². The van der Waals surface area contributed by atoms with Crippen LogP contribution in [0.1, 0.15) is 21.5 Å². The Morgan fingerprint density at radius 3 is 2.88 bits per heavy atom. The van der Waals surface area contributed by atoms with Gasteiger partial charge in [0.25, 0.3) is 5.91 Å². The lowest BCUT2D eigenvalue weighted by atomic mass is 10.1. The number of halogens is 1. The van der Waals surface area contributed by atoms with Crippen molar-refractivity contribution >= 4 is 23.3 Å². The number of aromatic nitrogens is 2. The second kappa shape index (κ2) is 6.99. The summed E-state index contributed by atoms with van der Waals surface area (Å²) in [6.07, 6.45) is 3.38. The quantitative estimate of drug-likeness (QED) is 0.789. The molecule has 1 heterocycles. The Balaban J connectivity index is 1.69. The highest BCUT2D eigenvalue weighted by atomic mass is 35.5. The number of benzene rings is 2. The normalized spacial score (nSPS) is 10.2. The molecule has 1 aromatic heterocycles. The molecule has 0 saturated heterocycles. The standard InChI is InChI=1S/C18H13ClN4O/c19-16-6-2-4-14(8-16)10-23-11-17(21-12-23)22-18(24)15-5-1-3-13(7-15)9-20/h1-8,11-12H,10H2,(H,22,24). The van der Waals surface area contributed by atoms with Crippen molar-refractivity contribution in [1.82, 2.24) is 9.55 Å². The van der Waals surface area contributed by atoms with Crippen LogP contribution in [0.15, 0.2) is 61.1 Å². The third kappa shape index (κ3) is 3.80. The molecule has 0 aliphatic carbocycles. The highest BCUT2D eigenvalue weighted by Crippen LogP contribution is 2.13. The number of hydrogen-bond donors (Lipinski definition) is 1. The number of carbonyl (C=O) groups excluding carboxylic acids is 1. The average molecular weight is 337 g/mol. The fraction of sp³-hybridized carbons (Fsp3) is 0.0556. The van der Waals surface area contributed by atoms with Gasteiger partial charge in [-0.15, -0.1) is 0 Å². The molecule has 3 aromatic rings. The van der Waals surface area contributed by atoms with Crippen LogP contribution in [0, 0.1) is 11.3 Å². The van der Waals surface area contributed by atoms with Gasteiger partial charge in [0.05, 0.1) is 18.0 Å². The minimum atomic E-state index is -0.305. The summed E-state index contributed by atoms with van der Waals surface area (Å²) in [4.78, 5) is 16.4. The number of imidazole rings is 1. The Labute approximate surface area is 144 Å². The maximum atomic E-state index is 12.2. The summed E-state index contributed by atoms with van der Waals surface area (Å²) in [6, 6.07) is 16.1. The minimum absolute atomic E-state index is 0.305. The molecule has 3 rings (SSSR count). The van der Waals surface area contributed by atoms with Gasteiger partial charge in [-0.1, -0.05) is 29.8 Å². The number of hydrogen-bond acceptors (Lipinski definition) is 3. The van der Waals surface area contributed by atoms with Crippen molar-refractivity contribution in [1.29, 1.82) is 5.26 Å². The van der Waals surface area contributed by atoms with Gasteiger partial charge in [0.2, 0.25) is 0 Å². The van der Waals surface area contributed by atoms with Crippen molar-refractivity contribution in [2.24, 2.45) is 0 Å². The molecular formula is C18H13ClN4O. The van der Waals surface area contributed by atoms with E-state index in [0.717, 1.165) is 5.56 Å². The van der Waals surface area contributed by atoms with Crippen LogP contribution in [-0.2, 0) is 6.54 Å². The smallest absolute Gasteiger partial charge is 0.256 e. The molecule has 24 heavy (non-hydrogen) atoms. The van der Waals surface area contributed by atoms with Crippen molar-refractivity contribution < 1.29 is 4.79 Å². The number of carbonyl (C=O) groups is 1. The SMILES string of the molecule is N#Cc1cccc(C(=O)Nc2cn(Cc3cccc(Cl)c3)cn2)c1. The molecule has 0 aliphatic heterocycles. The van der Waals surface area contributed by atoms with Crippen LogP contribution in [0.5, 0.6) is 0 Å². The molecule has 6 heteroatoms. The molecule has 0 radical (unpaired) electrons. The Morgan fingerprint density at radius 2 is 2.08 bits per heavy atom. The summed E-state index contributed by atoms with van der Waals surface area (Å²) < 4.78 is 1.85. The fourth-order valence-corrected chi connectivity index (χ4v) is 2.49. The van der Waals surface area contributed by atoms with Crippen molar-refractivity contribution in [2.45, 2.75) is 6.54 Å². The van der Waals surface area contributed by atoms with E-state index in [9.17, 15) is 4.79 Å². The highest BCUT2D eigenvalue weighted by molar-refractivity contribution is 6.30. The second-order valence-electron chi connectivity index (χ2n) is 5.21. The van der Waals surface area contributed by atoms with E-state index in [2.05, 4.69) is 10.3 Å². The zero-order valence-corrected chi connectivity index (χ0v) is 13.4. The number of anilines is 1. The lowest BCUT2D eigenvalue weighted by molar-refractivity contribution is 0.102. The summed E-state index contributed by atoms with van der Waals surface area (Å²) in [7, 11) is 0. The Bertz CT molecular complexity index is 927. The van der Waals surface area contributed by atoms with E-state index in [1.807, 2.05) is 34.9 Å². The molecule has 1 amide bonds. The monoisotopic (exact) mass is 336 g/mol. The summed E-state index contributed by atoms with van der Waals surface area (Å²) in [5, 5.41) is 12.3. The first-order valence-corrected chi connectivity index (χ1v) is 7.59. The zero-order chi connectivity index (χ0) is 16.9. The largest absolute Gasteiger partial charge is 0.331 e. The van der Waals surface area contributed by atoms with E-state index in [0.29, 0.717) is 28.5 Å². The third-order valence-corrected chi connectivity index (χ3v) is 3.62. The van der Waals surface area contributed by atoms with Gasteiger partial charge in [0.1, 0.15) is 0 Å². The van der Waals surface area contributed by atoms with Crippen LogP contribution >= 0.6 is 11.6 Å². The predicted molar refractivity (Wildman–Crippen MR) is 91.9 cm³/mol. The molecule has 2 aromatic carbocycles. The Morgan fingerprint density at radius 1 is 1.25 bits per heavy atom. The first kappa shape index (κ1) is 15.8. The Kier molecular flexibility index (Phi) is 4.59. The van der Waals surface area contributed by atoms with Gasteiger partial charge in [0.15, 0.2) is 5.82 Å². The van der Waals surface area contributed by atoms with E-state index >= 15 is 0 Å². The molecule has 0 bridgehead atoms. The lowest BCUT2D eigenvalue weighted by Crippen LogP contribution is -2.12. The van der Waals surface area contributed by atoms with E-state index in [1.165, 1.54) is 6.07 Å². The first-order valence-electron chi connectivity index (χ1n) is 7.22. The molecule has 0 spiro atoms. The van der Waals surface area contributed by atoms with Gasteiger partial charge in [-0.3, -0.25) is 4.79 Å². The topological polar surface area (TPSA) is 70.7 Å². The van der Waals surface area contributed by atoms with Crippen LogP contribution in [0.4, 0.5) is 5.82 Å². The highest BCUT2D eigenvalue weighted by Gasteiger charge is 2.09. The number of amides is 1. The van der Waals surface area contributed by atoms with Gasteiger partial charge >= 0.3 is 0 Å². The molecule has 0 unspecified atom stereocenters. The van der Waals surface area contributed by atoms with Crippen LogP contribution in [-0.4, -0.2) is 15.5 Å². The van der Waals surface area contributed by atoms with E-state index in [1.54, 1.807) is 30.7 Å². The summed E-state index contributed by atoms with van der Waals surface area (Å²) in [5.41, 5.74) is 1.90. The predicted octanol–water partition coefficient (Wildman–Crippen LogP) is 3.71. The zero-order valence-electron chi connectivity index (χ0n) is 12.6. The van der Waals surface area contributed by atoms with Crippen LogP contribution in [0.3, 0.4) is 0 Å². The number of nitrogens with zero attached hydrogens (tertiary/aromatic N) is 3. The molecule has 118 valence electrons. The van der Waals surface area contributed by atoms with Crippen LogP contribution in [0.25, 0.3) is 0 Å². The summed E-state index contributed by atoms with van der Waals surface area (Å²) in [5.74, 6) is 0.143. The number of nitrogens with one attached hydrogen (secondary N) is 1. The third-order valence-electron chi connectivity index (χ3n) is 3.38. The van der Waals surface area contributed by atoms with Gasteiger partial charge < -0.3 is 9.88 Å². The number of rotatable bonds is 4. The maximum absolute atomic E-state index is 12.2. The lowest BCUT2D eigenvalue weighted by Gasteiger charge is -2.03. The molecule has 0 saturated carbocycles. The van der Waals surface area contributed by atoms with Crippen molar-refractivity contribution in [3.63, 3.8) is 0 Å². The van der Waals surface area contributed by atoms with Gasteiger partial charge in [-0.25, -0.2) is 4.98 Å². The Hall–Kier alpha value is -3.10. The second-order valence-corrected chi connectivity index (χ2v) is 5.64. The van der Waals surface area contributed by atoms with Crippen LogP contribution in [0.2, 0.25) is 5.02 Å². The molecule has 0 atom stereocenters. The summed E-state index contributed by atoms with van der Waals surface area (Å²) in [6.45, 7) is 0.605. The fourth-order valence-electron chi connectivity index (χ4n) is 2.28.